The molecule has 1 saturated heterocycles. The summed E-state index contributed by atoms with van der Waals surface area (Å²) in [4.78, 5) is 6.38. The van der Waals surface area contributed by atoms with Crippen LogP contribution in [0.2, 0.25) is 0 Å². The molecule has 1 fully saturated rings. The molecule has 0 aromatic heterocycles. The number of fused-ring (bicyclic) bond motifs is 1. The van der Waals surface area contributed by atoms with E-state index < -0.39 is 14.6 Å². The van der Waals surface area contributed by atoms with Gasteiger partial charge in [-0.05, 0) is 50.7 Å². The van der Waals surface area contributed by atoms with Crippen LogP contribution in [0.4, 0.5) is 0 Å². The number of aryl methyl sites for hydroxylation is 1. The molecule has 1 unspecified atom stereocenters. The molecule has 1 aliphatic heterocycles. The van der Waals surface area contributed by atoms with E-state index in [4.69, 9.17) is 4.74 Å². The van der Waals surface area contributed by atoms with Gasteiger partial charge in [-0.3, -0.25) is 4.99 Å². The summed E-state index contributed by atoms with van der Waals surface area (Å²) in [7, 11) is -1.30. The van der Waals surface area contributed by atoms with Crippen molar-refractivity contribution in [3.8, 4) is 0 Å². The van der Waals surface area contributed by atoms with Crippen molar-refractivity contribution < 1.29 is 13.2 Å². The summed E-state index contributed by atoms with van der Waals surface area (Å²) in [6.45, 7) is 5.98. The molecule has 6 nitrogen and oxygen atoms in total. The van der Waals surface area contributed by atoms with Crippen LogP contribution in [0.15, 0.2) is 29.3 Å². The minimum Gasteiger partial charge on any atom is -0.373 e. The van der Waals surface area contributed by atoms with Crippen LogP contribution in [0.1, 0.15) is 50.3 Å². The maximum absolute atomic E-state index is 12.2. The summed E-state index contributed by atoms with van der Waals surface area (Å²) in [5.41, 5.74) is 2.76. The molecule has 1 N–H and O–H groups in total. The molecule has 1 heterocycles. The maximum atomic E-state index is 12.2. The van der Waals surface area contributed by atoms with Crippen LogP contribution >= 0.6 is 0 Å². The highest BCUT2D eigenvalue weighted by Gasteiger charge is 2.40. The molecule has 0 bridgehead atoms. The smallest absolute Gasteiger partial charge is 0.193 e. The Bertz CT molecular complexity index is 805. The molecule has 2 aliphatic rings. The molecule has 3 rings (SSSR count). The third-order valence-corrected chi connectivity index (χ3v) is 8.33. The van der Waals surface area contributed by atoms with Crippen LogP contribution in [0, 0.1) is 0 Å². The monoisotopic (exact) mass is 407 g/mol. The van der Waals surface area contributed by atoms with E-state index in [1.165, 1.54) is 17.5 Å². The van der Waals surface area contributed by atoms with Crippen molar-refractivity contribution in [1.82, 2.24) is 10.2 Å². The molecule has 0 saturated carbocycles. The second kappa shape index (κ2) is 8.82. The van der Waals surface area contributed by atoms with E-state index >= 15 is 0 Å². The van der Waals surface area contributed by atoms with Gasteiger partial charge in [0.25, 0.3) is 0 Å². The van der Waals surface area contributed by atoms with E-state index in [0.717, 1.165) is 31.8 Å². The predicted octanol–water partition coefficient (Wildman–Crippen LogP) is 2.56. The maximum Gasteiger partial charge on any atom is 0.193 e. The van der Waals surface area contributed by atoms with Crippen LogP contribution in [0.25, 0.3) is 0 Å². The summed E-state index contributed by atoms with van der Waals surface area (Å²) in [6.07, 6.45) is 4.50. The highest BCUT2D eigenvalue weighted by atomic mass is 32.2. The molecule has 0 amide bonds. The zero-order valence-electron chi connectivity index (χ0n) is 17.3. The number of hydrogen-bond donors (Lipinski definition) is 1. The SMILES string of the molecule is CN=C(NCCCOC1CCCc2ccccc21)N1CCS(=O)(=O)C(C)(C)C1. The second-order valence-corrected chi connectivity index (χ2v) is 11.0. The second-order valence-electron chi connectivity index (χ2n) is 8.28. The Kier molecular flexibility index (Phi) is 6.65. The lowest BCUT2D eigenvalue weighted by molar-refractivity contribution is 0.0397. The fraction of sp³-hybridized carbons (Fsp3) is 0.667. The van der Waals surface area contributed by atoms with Crippen LogP contribution in [-0.2, 0) is 21.0 Å². The summed E-state index contributed by atoms with van der Waals surface area (Å²) >= 11 is 0. The van der Waals surface area contributed by atoms with Gasteiger partial charge in [-0.2, -0.15) is 0 Å². The Morgan fingerprint density at radius 2 is 2.14 bits per heavy atom. The minimum atomic E-state index is -3.05. The molecule has 156 valence electrons. The Morgan fingerprint density at radius 1 is 1.36 bits per heavy atom. The molecule has 1 aromatic carbocycles. The lowest BCUT2D eigenvalue weighted by Crippen LogP contribution is -2.57. The molecular formula is C21H33N3O3S. The van der Waals surface area contributed by atoms with Crippen LogP contribution < -0.4 is 5.32 Å². The summed E-state index contributed by atoms with van der Waals surface area (Å²) in [5, 5.41) is 3.36. The van der Waals surface area contributed by atoms with Gasteiger partial charge < -0.3 is 15.0 Å². The first-order valence-electron chi connectivity index (χ1n) is 10.2. The number of sulfone groups is 1. The number of nitrogens with one attached hydrogen (secondary N) is 1. The molecule has 1 aromatic rings. The van der Waals surface area contributed by atoms with Crippen molar-refractivity contribution >= 4 is 15.8 Å². The van der Waals surface area contributed by atoms with Crippen LogP contribution in [-0.4, -0.2) is 63.1 Å². The number of nitrogens with zero attached hydrogens (tertiary/aromatic N) is 2. The van der Waals surface area contributed by atoms with E-state index in [1.807, 2.05) is 4.90 Å². The van der Waals surface area contributed by atoms with Gasteiger partial charge in [0.05, 0.1) is 16.6 Å². The largest absolute Gasteiger partial charge is 0.373 e. The zero-order valence-corrected chi connectivity index (χ0v) is 18.1. The average molecular weight is 408 g/mol. The fourth-order valence-electron chi connectivity index (χ4n) is 4.04. The van der Waals surface area contributed by atoms with E-state index in [-0.39, 0.29) is 11.9 Å². The van der Waals surface area contributed by atoms with Crippen molar-refractivity contribution in [1.29, 1.82) is 0 Å². The number of hydrogen-bond acceptors (Lipinski definition) is 4. The van der Waals surface area contributed by atoms with E-state index in [0.29, 0.717) is 19.7 Å². The Balaban J connectivity index is 1.44. The summed E-state index contributed by atoms with van der Waals surface area (Å²) in [6, 6.07) is 8.58. The van der Waals surface area contributed by atoms with Gasteiger partial charge in [-0.15, -0.1) is 0 Å². The van der Waals surface area contributed by atoms with Crippen molar-refractivity contribution in [3.05, 3.63) is 35.4 Å². The summed E-state index contributed by atoms with van der Waals surface area (Å²) in [5.74, 6) is 0.941. The third kappa shape index (κ3) is 4.69. The minimum absolute atomic E-state index is 0.172. The average Bonchev–Trinajstić information content (AvgIpc) is 2.67. The van der Waals surface area contributed by atoms with Crippen molar-refractivity contribution in [2.45, 2.75) is 50.4 Å². The van der Waals surface area contributed by atoms with Crippen molar-refractivity contribution in [2.75, 3.05) is 39.0 Å². The molecule has 0 radical (unpaired) electrons. The van der Waals surface area contributed by atoms with Crippen LogP contribution in [0.5, 0.6) is 0 Å². The quantitative estimate of drug-likeness (QED) is 0.461. The van der Waals surface area contributed by atoms with E-state index in [2.05, 4.69) is 34.6 Å². The first-order valence-corrected chi connectivity index (χ1v) is 11.9. The molecule has 1 atom stereocenters. The Morgan fingerprint density at radius 3 is 2.89 bits per heavy atom. The van der Waals surface area contributed by atoms with E-state index in [1.54, 1.807) is 20.9 Å². The number of benzene rings is 1. The number of rotatable bonds is 5. The van der Waals surface area contributed by atoms with Gasteiger partial charge in [-0.25, -0.2) is 8.42 Å². The normalized spacial score (nSPS) is 23.9. The fourth-order valence-corrected chi connectivity index (χ4v) is 5.40. The lowest BCUT2D eigenvalue weighted by atomic mass is 9.89. The van der Waals surface area contributed by atoms with Crippen LogP contribution in [0.3, 0.4) is 0 Å². The Hall–Kier alpha value is -1.60. The molecule has 28 heavy (non-hydrogen) atoms. The van der Waals surface area contributed by atoms with E-state index in [9.17, 15) is 8.42 Å². The number of ether oxygens (including phenoxy) is 1. The molecular weight excluding hydrogens is 374 g/mol. The first-order chi connectivity index (χ1) is 13.3. The van der Waals surface area contributed by atoms with Gasteiger partial charge in [0.2, 0.25) is 0 Å². The van der Waals surface area contributed by atoms with Gasteiger partial charge in [0.15, 0.2) is 15.8 Å². The third-order valence-electron chi connectivity index (χ3n) is 5.79. The lowest BCUT2D eigenvalue weighted by Gasteiger charge is -2.39. The predicted molar refractivity (Wildman–Crippen MR) is 113 cm³/mol. The zero-order chi connectivity index (χ0) is 20.2. The highest BCUT2D eigenvalue weighted by Crippen LogP contribution is 2.32. The standard InChI is InChI=1S/C21H33N3O3S/c1-21(2)16-24(13-15-28(21,25)26)20(22-3)23-12-7-14-27-19-11-6-9-17-8-4-5-10-18(17)19/h4-5,8,10,19H,6-7,9,11-16H2,1-3H3,(H,22,23). The van der Waals surface area contributed by atoms with Gasteiger partial charge in [0, 0.05) is 33.3 Å². The highest BCUT2D eigenvalue weighted by molar-refractivity contribution is 7.92. The van der Waals surface area contributed by atoms with Crippen molar-refractivity contribution in [2.24, 2.45) is 4.99 Å². The van der Waals surface area contributed by atoms with Gasteiger partial charge >= 0.3 is 0 Å². The van der Waals surface area contributed by atoms with Gasteiger partial charge in [0.1, 0.15) is 0 Å². The first kappa shape index (κ1) is 21.1. The summed E-state index contributed by atoms with van der Waals surface area (Å²) < 4.78 is 29.8. The number of guanidine groups is 1. The molecule has 1 aliphatic carbocycles. The van der Waals surface area contributed by atoms with Gasteiger partial charge in [-0.1, -0.05) is 24.3 Å². The topological polar surface area (TPSA) is 71.0 Å². The van der Waals surface area contributed by atoms with Crippen molar-refractivity contribution in [3.63, 3.8) is 0 Å². The molecule has 7 heteroatoms. The Labute approximate surface area is 169 Å². The molecule has 0 spiro atoms. The number of aliphatic imine (C=N–C) groups is 1.